The summed E-state index contributed by atoms with van der Waals surface area (Å²) in [6.07, 6.45) is 1.60. The van der Waals surface area contributed by atoms with Crippen molar-refractivity contribution < 1.29 is 4.79 Å². The SMILES string of the molecule is C[C@@H](NC(=O)/C(C#N)=C\c1cc(Br)cs1)c1ccccc1. The van der Waals surface area contributed by atoms with E-state index in [1.165, 1.54) is 11.3 Å². The van der Waals surface area contributed by atoms with Crippen LogP contribution in [0.2, 0.25) is 0 Å². The maximum atomic E-state index is 12.2. The summed E-state index contributed by atoms with van der Waals surface area (Å²) in [7, 11) is 0. The lowest BCUT2D eigenvalue weighted by molar-refractivity contribution is -0.117. The summed E-state index contributed by atoms with van der Waals surface area (Å²) in [5, 5.41) is 13.9. The normalized spacial score (nSPS) is 12.5. The number of thiophene rings is 1. The molecule has 0 fully saturated rings. The van der Waals surface area contributed by atoms with E-state index < -0.39 is 0 Å². The number of rotatable bonds is 4. The molecule has 0 aliphatic carbocycles. The van der Waals surface area contributed by atoms with Gasteiger partial charge in [-0.3, -0.25) is 4.79 Å². The minimum absolute atomic E-state index is 0.104. The maximum Gasteiger partial charge on any atom is 0.262 e. The van der Waals surface area contributed by atoms with Crippen LogP contribution in [0.1, 0.15) is 23.4 Å². The summed E-state index contributed by atoms with van der Waals surface area (Å²) in [5.41, 5.74) is 1.11. The third-order valence-corrected chi connectivity index (χ3v) is 4.53. The lowest BCUT2D eigenvalue weighted by Crippen LogP contribution is -2.27. The number of carbonyl (C=O) groups excluding carboxylic acids is 1. The molecule has 0 aliphatic rings. The Kier molecular flexibility index (Phi) is 5.32. The number of nitrogens with zero attached hydrogens (tertiary/aromatic N) is 1. The summed E-state index contributed by atoms with van der Waals surface area (Å²) in [6, 6.07) is 13.3. The van der Waals surface area contributed by atoms with Crippen molar-refractivity contribution in [3.8, 4) is 6.07 Å². The van der Waals surface area contributed by atoms with E-state index in [1.54, 1.807) is 6.08 Å². The van der Waals surface area contributed by atoms with Crippen LogP contribution in [0.3, 0.4) is 0 Å². The Balaban J connectivity index is 2.11. The number of nitriles is 1. The first-order valence-electron chi connectivity index (χ1n) is 6.32. The van der Waals surface area contributed by atoms with E-state index in [4.69, 9.17) is 5.26 Å². The van der Waals surface area contributed by atoms with Crippen LogP contribution in [0.15, 0.2) is 51.8 Å². The van der Waals surface area contributed by atoms with Gasteiger partial charge in [0.25, 0.3) is 5.91 Å². The predicted octanol–water partition coefficient (Wildman–Crippen LogP) is 4.29. The Hall–Kier alpha value is -1.90. The second-order valence-electron chi connectivity index (χ2n) is 4.44. The summed E-state index contributed by atoms with van der Waals surface area (Å²) >= 11 is 4.82. The number of hydrogen-bond donors (Lipinski definition) is 1. The molecule has 2 rings (SSSR count). The first-order chi connectivity index (χ1) is 10.1. The van der Waals surface area contributed by atoms with Gasteiger partial charge in [0, 0.05) is 14.7 Å². The molecule has 0 bridgehead atoms. The third-order valence-electron chi connectivity index (χ3n) is 2.89. The highest BCUT2D eigenvalue weighted by Crippen LogP contribution is 2.22. The Morgan fingerprint density at radius 1 is 1.43 bits per heavy atom. The van der Waals surface area contributed by atoms with Gasteiger partial charge in [0.15, 0.2) is 0 Å². The highest BCUT2D eigenvalue weighted by molar-refractivity contribution is 9.10. The van der Waals surface area contributed by atoms with Crippen molar-refractivity contribution in [3.63, 3.8) is 0 Å². The molecule has 1 heterocycles. The van der Waals surface area contributed by atoms with Crippen molar-refractivity contribution in [1.82, 2.24) is 5.32 Å². The van der Waals surface area contributed by atoms with Gasteiger partial charge in [0.1, 0.15) is 11.6 Å². The van der Waals surface area contributed by atoms with Crippen LogP contribution in [0, 0.1) is 11.3 Å². The Morgan fingerprint density at radius 3 is 2.71 bits per heavy atom. The fraction of sp³-hybridized carbons (Fsp3) is 0.125. The van der Waals surface area contributed by atoms with Crippen molar-refractivity contribution >= 4 is 39.2 Å². The zero-order valence-electron chi connectivity index (χ0n) is 11.3. The molecule has 0 saturated carbocycles. The number of nitrogens with one attached hydrogen (secondary N) is 1. The van der Waals surface area contributed by atoms with Crippen molar-refractivity contribution in [1.29, 1.82) is 5.26 Å². The lowest BCUT2D eigenvalue weighted by atomic mass is 10.1. The molecule has 0 aliphatic heterocycles. The molecule has 1 atom stereocenters. The summed E-state index contributed by atoms with van der Waals surface area (Å²) in [4.78, 5) is 13.0. The summed E-state index contributed by atoms with van der Waals surface area (Å²) < 4.78 is 0.939. The minimum atomic E-state index is -0.363. The first-order valence-corrected chi connectivity index (χ1v) is 7.99. The van der Waals surface area contributed by atoms with E-state index in [0.717, 1.165) is 14.9 Å². The number of amides is 1. The van der Waals surface area contributed by atoms with Crippen LogP contribution in [0.5, 0.6) is 0 Å². The van der Waals surface area contributed by atoms with E-state index in [9.17, 15) is 4.79 Å². The van der Waals surface area contributed by atoms with Gasteiger partial charge in [0.2, 0.25) is 0 Å². The average molecular weight is 361 g/mol. The van der Waals surface area contributed by atoms with Crippen molar-refractivity contribution in [3.05, 3.63) is 62.3 Å². The smallest absolute Gasteiger partial charge is 0.262 e. The second kappa shape index (κ2) is 7.21. The fourth-order valence-corrected chi connectivity index (χ4v) is 3.17. The predicted molar refractivity (Wildman–Crippen MR) is 88.6 cm³/mol. The highest BCUT2D eigenvalue weighted by atomic mass is 79.9. The van der Waals surface area contributed by atoms with Crippen molar-refractivity contribution in [2.75, 3.05) is 0 Å². The van der Waals surface area contributed by atoms with Crippen LogP contribution < -0.4 is 5.32 Å². The van der Waals surface area contributed by atoms with E-state index in [2.05, 4.69) is 21.2 Å². The minimum Gasteiger partial charge on any atom is -0.345 e. The third kappa shape index (κ3) is 4.28. The van der Waals surface area contributed by atoms with Gasteiger partial charge in [-0.25, -0.2) is 0 Å². The molecular weight excluding hydrogens is 348 g/mol. The molecule has 3 nitrogen and oxygen atoms in total. The molecular formula is C16H13BrN2OS. The zero-order chi connectivity index (χ0) is 15.2. The van der Waals surface area contributed by atoms with Gasteiger partial charge in [-0.2, -0.15) is 5.26 Å². The zero-order valence-corrected chi connectivity index (χ0v) is 13.7. The van der Waals surface area contributed by atoms with Crippen LogP contribution in [0.4, 0.5) is 0 Å². The van der Waals surface area contributed by atoms with Crippen LogP contribution in [-0.4, -0.2) is 5.91 Å². The summed E-state index contributed by atoms with van der Waals surface area (Å²) in [6.45, 7) is 1.89. The van der Waals surface area contributed by atoms with E-state index >= 15 is 0 Å². The monoisotopic (exact) mass is 360 g/mol. The molecule has 0 unspecified atom stereocenters. The van der Waals surface area contributed by atoms with Gasteiger partial charge in [-0.15, -0.1) is 11.3 Å². The van der Waals surface area contributed by atoms with Crippen LogP contribution in [-0.2, 0) is 4.79 Å². The second-order valence-corrected chi connectivity index (χ2v) is 6.30. The Bertz CT molecular complexity index is 701. The van der Waals surface area contributed by atoms with Gasteiger partial charge < -0.3 is 5.32 Å². The number of benzene rings is 1. The van der Waals surface area contributed by atoms with Gasteiger partial charge >= 0.3 is 0 Å². The molecule has 1 N–H and O–H groups in total. The fourth-order valence-electron chi connectivity index (χ4n) is 1.79. The highest BCUT2D eigenvalue weighted by Gasteiger charge is 2.13. The number of halogens is 1. The molecule has 0 saturated heterocycles. The van der Waals surface area contributed by atoms with E-state index in [0.29, 0.717) is 0 Å². The molecule has 0 spiro atoms. The summed E-state index contributed by atoms with van der Waals surface area (Å²) in [5.74, 6) is -0.363. The molecule has 2 aromatic rings. The van der Waals surface area contributed by atoms with Gasteiger partial charge in [0.05, 0.1) is 6.04 Å². The van der Waals surface area contributed by atoms with Crippen molar-refractivity contribution in [2.45, 2.75) is 13.0 Å². The number of carbonyl (C=O) groups is 1. The molecule has 1 amide bonds. The largest absolute Gasteiger partial charge is 0.345 e. The van der Waals surface area contributed by atoms with Gasteiger partial charge in [-0.05, 0) is 40.6 Å². The maximum absolute atomic E-state index is 12.2. The average Bonchev–Trinajstić information content (AvgIpc) is 2.90. The topological polar surface area (TPSA) is 52.9 Å². The van der Waals surface area contributed by atoms with E-state index in [1.807, 2.05) is 54.8 Å². The lowest BCUT2D eigenvalue weighted by Gasteiger charge is -2.13. The molecule has 106 valence electrons. The molecule has 5 heteroatoms. The molecule has 0 radical (unpaired) electrons. The van der Waals surface area contributed by atoms with Gasteiger partial charge in [-0.1, -0.05) is 30.3 Å². The standard InChI is InChI=1S/C16H13BrN2OS/c1-11(12-5-3-2-4-6-12)19-16(20)13(9-18)7-15-8-14(17)10-21-15/h2-8,10-11H,1H3,(H,19,20)/b13-7-/t11-/m1/s1. The Labute approximate surface area is 136 Å². The number of hydrogen-bond acceptors (Lipinski definition) is 3. The molecule has 1 aromatic heterocycles. The molecule has 21 heavy (non-hydrogen) atoms. The van der Waals surface area contributed by atoms with Crippen LogP contribution in [0.25, 0.3) is 6.08 Å². The van der Waals surface area contributed by atoms with Crippen molar-refractivity contribution in [2.24, 2.45) is 0 Å². The molecule has 1 aromatic carbocycles. The van der Waals surface area contributed by atoms with E-state index in [-0.39, 0.29) is 17.5 Å². The first kappa shape index (κ1) is 15.5. The Morgan fingerprint density at radius 2 is 2.14 bits per heavy atom. The quantitative estimate of drug-likeness (QED) is 0.652. The van der Waals surface area contributed by atoms with Crippen LogP contribution >= 0.6 is 27.3 Å².